The van der Waals surface area contributed by atoms with E-state index in [1.165, 1.54) is 0 Å². The van der Waals surface area contributed by atoms with Gasteiger partial charge in [0, 0.05) is 66.7 Å². The van der Waals surface area contributed by atoms with Gasteiger partial charge in [-0.1, -0.05) is 12.1 Å². The first-order valence-corrected chi connectivity index (χ1v) is 15.1. The quantitative estimate of drug-likeness (QED) is 0.225. The lowest BCUT2D eigenvalue weighted by atomic mass is 9.98. The van der Waals surface area contributed by atoms with Crippen molar-refractivity contribution in [3.05, 3.63) is 78.4 Å². The molecule has 0 bridgehead atoms. The Hall–Kier alpha value is -4.86. The summed E-state index contributed by atoms with van der Waals surface area (Å²) in [6.45, 7) is 13.5. The van der Waals surface area contributed by atoms with E-state index in [1.54, 1.807) is 50.5 Å². The van der Waals surface area contributed by atoms with Crippen molar-refractivity contribution in [1.82, 2.24) is 9.88 Å². The van der Waals surface area contributed by atoms with Gasteiger partial charge in [-0.15, -0.1) is 0 Å². The van der Waals surface area contributed by atoms with E-state index in [-0.39, 0.29) is 18.3 Å². The molecule has 2 aromatic carbocycles. The predicted octanol–water partition coefficient (Wildman–Crippen LogP) is 7.32. The van der Waals surface area contributed by atoms with Gasteiger partial charge in [-0.05, 0) is 89.1 Å². The molecule has 45 heavy (non-hydrogen) atoms. The average Bonchev–Trinajstić information content (AvgIpc) is 3.51. The Morgan fingerprint density at radius 2 is 1.60 bits per heavy atom. The standard InChI is InChI=1S/C35H40N4O6/c1-34(2,3)44-32(41)37-29-10-8-23(25-11-16-43-22-25)17-26(29)19-31(40)27-18-24-7-9-28(20-30(24)36-21-27)38-12-14-39(15-13-38)33(42)45-35(4,5)6/h7-11,16-18,20-22H,12-15,19H2,1-6H3,(H,37,41). The number of nitrogens with zero attached hydrogens (tertiary/aromatic N) is 3. The van der Waals surface area contributed by atoms with Crippen LogP contribution in [0.3, 0.4) is 0 Å². The second-order valence-corrected chi connectivity index (χ2v) is 13.2. The largest absolute Gasteiger partial charge is 0.472 e. The van der Waals surface area contributed by atoms with Crippen LogP contribution in [0.25, 0.3) is 22.0 Å². The number of anilines is 2. The summed E-state index contributed by atoms with van der Waals surface area (Å²) in [6.07, 6.45) is 3.97. The Kier molecular flexibility index (Phi) is 8.86. The lowest BCUT2D eigenvalue weighted by Crippen LogP contribution is -2.50. The van der Waals surface area contributed by atoms with Crippen molar-refractivity contribution in [2.75, 3.05) is 36.4 Å². The third kappa shape index (κ3) is 8.20. The van der Waals surface area contributed by atoms with Gasteiger partial charge in [0.15, 0.2) is 5.78 Å². The molecule has 1 aliphatic rings. The third-order valence-electron chi connectivity index (χ3n) is 7.23. The molecule has 4 aromatic rings. The molecule has 0 atom stereocenters. The van der Waals surface area contributed by atoms with Crippen LogP contribution in [0.5, 0.6) is 0 Å². The first-order chi connectivity index (χ1) is 21.2. The second-order valence-electron chi connectivity index (χ2n) is 13.2. The number of furan rings is 1. The normalized spacial score (nSPS) is 13.9. The van der Waals surface area contributed by atoms with Gasteiger partial charge < -0.3 is 23.7 Å². The first kappa shape index (κ1) is 31.6. The minimum atomic E-state index is -0.665. The fourth-order valence-corrected chi connectivity index (χ4v) is 5.09. The maximum absolute atomic E-state index is 13.6. The van der Waals surface area contributed by atoms with Gasteiger partial charge in [-0.2, -0.15) is 0 Å². The van der Waals surface area contributed by atoms with Crippen molar-refractivity contribution < 1.29 is 28.3 Å². The molecule has 236 valence electrons. The molecule has 10 nitrogen and oxygen atoms in total. The lowest BCUT2D eigenvalue weighted by molar-refractivity contribution is 0.0240. The number of carbonyl (C=O) groups is 3. The summed E-state index contributed by atoms with van der Waals surface area (Å²) in [5, 5.41) is 3.64. The zero-order chi connectivity index (χ0) is 32.4. The molecule has 0 aliphatic carbocycles. The Morgan fingerprint density at radius 3 is 2.27 bits per heavy atom. The van der Waals surface area contributed by atoms with Crippen molar-refractivity contribution in [1.29, 1.82) is 0 Å². The molecular formula is C35H40N4O6. The zero-order valence-corrected chi connectivity index (χ0v) is 26.7. The molecule has 0 saturated carbocycles. The van der Waals surface area contributed by atoms with Crippen LogP contribution in [0.1, 0.15) is 57.5 Å². The van der Waals surface area contributed by atoms with Crippen LogP contribution >= 0.6 is 0 Å². The van der Waals surface area contributed by atoms with Gasteiger partial charge in [-0.3, -0.25) is 15.1 Å². The van der Waals surface area contributed by atoms with Crippen LogP contribution in [-0.2, 0) is 15.9 Å². The van der Waals surface area contributed by atoms with Crippen molar-refractivity contribution in [3.8, 4) is 11.1 Å². The number of rotatable bonds is 6. The van der Waals surface area contributed by atoms with E-state index in [0.717, 1.165) is 27.7 Å². The number of piperazine rings is 1. The summed E-state index contributed by atoms with van der Waals surface area (Å²) in [4.78, 5) is 47.1. The van der Waals surface area contributed by atoms with E-state index in [4.69, 9.17) is 13.9 Å². The zero-order valence-electron chi connectivity index (χ0n) is 26.7. The number of nitrogens with one attached hydrogen (secondary N) is 1. The first-order valence-electron chi connectivity index (χ1n) is 15.1. The smallest absolute Gasteiger partial charge is 0.412 e. The number of carbonyl (C=O) groups excluding carboxylic acids is 3. The number of ketones is 1. The van der Waals surface area contributed by atoms with Crippen LogP contribution in [0.4, 0.5) is 21.0 Å². The van der Waals surface area contributed by atoms with Gasteiger partial charge >= 0.3 is 12.2 Å². The molecule has 1 N–H and O–H groups in total. The Morgan fingerprint density at radius 1 is 0.867 bits per heavy atom. The summed E-state index contributed by atoms with van der Waals surface area (Å²) in [5.41, 5.74) is 3.92. The highest BCUT2D eigenvalue weighted by atomic mass is 16.6. The van der Waals surface area contributed by atoms with Crippen molar-refractivity contribution >= 4 is 40.2 Å². The number of pyridine rings is 1. The number of benzene rings is 2. The lowest BCUT2D eigenvalue weighted by Gasteiger charge is -2.36. The van der Waals surface area contributed by atoms with E-state index >= 15 is 0 Å². The van der Waals surface area contributed by atoms with E-state index in [1.807, 2.05) is 63.2 Å². The van der Waals surface area contributed by atoms with Gasteiger partial charge in [0.05, 0.1) is 18.0 Å². The fourth-order valence-electron chi connectivity index (χ4n) is 5.09. The summed E-state index contributed by atoms with van der Waals surface area (Å²) in [5.74, 6) is -0.136. The minimum absolute atomic E-state index is 0.0457. The number of aromatic nitrogens is 1. The second kappa shape index (κ2) is 12.6. The molecule has 10 heteroatoms. The summed E-state index contributed by atoms with van der Waals surface area (Å²) in [7, 11) is 0. The Bertz CT molecular complexity index is 1690. The molecule has 2 amide bonds. The van der Waals surface area contributed by atoms with E-state index in [9.17, 15) is 14.4 Å². The van der Waals surface area contributed by atoms with Gasteiger partial charge in [0.25, 0.3) is 0 Å². The molecule has 2 aromatic heterocycles. The highest BCUT2D eigenvalue weighted by Gasteiger charge is 2.26. The third-order valence-corrected chi connectivity index (χ3v) is 7.23. The number of amides is 2. The molecule has 0 unspecified atom stereocenters. The summed E-state index contributed by atoms with van der Waals surface area (Å²) >= 11 is 0. The number of fused-ring (bicyclic) bond motifs is 1. The molecule has 0 spiro atoms. The fraction of sp³-hybridized carbons (Fsp3) is 0.371. The molecule has 0 radical (unpaired) electrons. The monoisotopic (exact) mass is 612 g/mol. The topological polar surface area (TPSA) is 114 Å². The van der Waals surface area contributed by atoms with Crippen LogP contribution < -0.4 is 10.2 Å². The van der Waals surface area contributed by atoms with Crippen molar-refractivity contribution in [2.24, 2.45) is 0 Å². The highest BCUT2D eigenvalue weighted by molar-refractivity contribution is 6.01. The van der Waals surface area contributed by atoms with Gasteiger partial charge in [0.2, 0.25) is 0 Å². The van der Waals surface area contributed by atoms with Crippen LogP contribution in [0.2, 0.25) is 0 Å². The molecular weight excluding hydrogens is 572 g/mol. The number of hydrogen-bond acceptors (Lipinski definition) is 8. The number of Topliss-reactive ketones (excluding diaryl/α,β-unsaturated/α-hetero) is 1. The van der Waals surface area contributed by atoms with Crippen LogP contribution in [0.15, 0.2) is 71.7 Å². The van der Waals surface area contributed by atoms with Crippen LogP contribution in [0, 0.1) is 0 Å². The van der Waals surface area contributed by atoms with E-state index < -0.39 is 17.3 Å². The van der Waals surface area contributed by atoms with E-state index in [2.05, 4.69) is 15.2 Å². The maximum atomic E-state index is 13.6. The molecule has 5 rings (SSSR count). The number of ether oxygens (including phenoxy) is 2. The molecule has 1 fully saturated rings. The molecule has 1 saturated heterocycles. The molecule has 3 heterocycles. The SMILES string of the molecule is CC(C)(C)OC(=O)Nc1ccc(-c2ccoc2)cc1CC(=O)c1cnc2cc(N3CCN(C(=O)OC(C)(C)C)CC3)ccc2c1. The average molecular weight is 613 g/mol. The van der Waals surface area contributed by atoms with Crippen molar-refractivity contribution in [2.45, 2.75) is 59.2 Å². The van der Waals surface area contributed by atoms with E-state index in [0.29, 0.717) is 43.0 Å². The predicted molar refractivity (Wildman–Crippen MR) is 174 cm³/mol. The van der Waals surface area contributed by atoms with Crippen molar-refractivity contribution in [3.63, 3.8) is 0 Å². The highest BCUT2D eigenvalue weighted by Crippen LogP contribution is 2.29. The minimum Gasteiger partial charge on any atom is -0.472 e. The summed E-state index contributed by atoms with van der Waals surface area (Å²) < 4.78 is 16.2. The van der Waals surface area contributed by atoms with Gasteiger partial charge in [0.1, 0.15) is 11.2 Å². The summed E-state index contributed by atoms with van der Waals surface area (Å²) in [6, 6.07) is 15.2. The Labute approximate surface area is 263 Å². The molecule has 1 aliphatic heterocycles. The number of hydrogen-bond donors (Lipinski definition) is 1. The maximum Gasteiger partial charge on any atom is 0.412 e. The Balaban J connectivity index is 1.30. The van der Waals surface area contributed by atoms with Gasteiger partial charge in [-0.25, -0.2) is 9.59 Å². The van der Waals surface area contributed by atoms with Crippen LogP contribution in [-0.4, -0.2) is 65.2 Å².